The molecular formula is C13H12BrFN2O2. The van der Waals surface area contributed by atoms with Gasteiger partial charge in [0.25, 0.3) is 5.91 Å². The predicted molar refractivity (Wildman–Crippen MR) is 72.0 cm³/mol. The molecule has 0 aliphatic heterocycles. The van der Waals surface area contributed by atoms with E-state index < -0.39 is 5.82 Å². The molecule has 6 heteroatoms. The van der Waals surface area contributed by atoms with Gasteiger partial charge in [-0.15, -0.1) is 0 Å². The summed E-state index contributed by atoms with van der Waals surface area (Å²) >= 11 is 3.23. The number of hydrogen-bond acceptors (Lipinski definition) is 2. The Morgan fingerprint density at radius 3 is 2.79 bits per heavy atom. The lowest BCUT2D eigenvalue weighted by Gasteiger charge is -2.08. The number of carbonyl (C=O) groups excluding carboxylic acids is 1. The monoisotopic (exact) mass is 326 g/mol. The molecule has 1 heterocycles. The fraction of sp³-hybridized carbons (Fsp3) is 0.154. The fourth-order valence-electron chi connectivity index (χ4n) is 1.68. The highest BCUT2D eigenvalue weighted by molar-refractivity contribution is 9.10. The Labute approximate surface area is 117 Å². The maximum atomic E-state index is 13.1. The number of aromatic amines is 1. The molecule has 0 unspecified atom stereocenters. The van der Waals surface area contributed by atoms with Crippen LogP contribution in [0.2, 0.25) is 0 Å². The number of amides is 1. The van der Waals surface area contributed by atoms with E-state index >= 15 is 0 Å². The average Bonchev–Trinajstić information content (AvgIpc) is 2.83. The molecule has 0 saturated carbocycles. The Kier molecular flexibility index (Phi) is 4.34. The van der Waals surface area contributed by atoms with Crippen LogP contribution in [0.5, 0.6) is 0 Å². The number of rotatable bonds is 4. The molecule has 0 spiro atoms. The maximum Gasteiger partial charge on any atom is 0.267 e. The van der Waals surface area contributed by atoms with Crippen LogP contribution in [0.4, 0.5) is 4.39 Å². The van der Waals surface area contributed by atoms with Crippen LogP contribution in [0.15, 0.2) is 34.9 Å². The largest absolute Gasteiger partial charge is 0.392 e. The Bertz CT molecular complexity index is 598. The molecule has 2 rings (SSSR count). The number of aromatic nitrogens is 1. The number of aliphatic hydroxyl groups is 1. The van der Waals surface area contributed by atoms with Crippen molar-refractivity contribution in [1.29, 1.82) is 0 Å². The van der Waals surface area contributed by atoms with E-state index in [0.717, 1.165) is 4.47 Å². The van der Waals surface area contributed by atoms with E-state index in [9.17, 15) is 9.18 Å². The van der Waals surface area contributed by atoms with Gasteiger partial charge in [-0.2, -0.15) is 0 Å². The van der Waals surface area contributed by atoms with Crippen LogP contribution in [0.3, 0.4) is 0 Å². The molecule has 0 radical (unpaired) electrons. The third kappa shape index (κ3) is 3.42. The number of halogens is 2. The lowest BCUT2D eigenvalue weighted by molar-refractivity contribution is 0.0946. The number of H-pyrrole nitrogens is 1. The van der Waals surface area contributed by atoms with Gasteiger partial charge in [0.15, 0.2) is 0 Å². The highest BCUT2D eigenvalue weighted by Crippen LogP contribution is 2.13. The second-order valence-electron chi connectivity index (χ2n) is 3.99. The van der Waals surface area contributed by atoms with Crippen LogP contribution in [0.25, 0.3) is 0 Å². The standard InChI is InChI=1S/C13H12BrFN2O2/c14-10-4-12(16-6-10)13(19)17-5-9-3-11(15)2-1-8(9)7-18/h1-4,6,16,18H,5,7H2,(H,17,19). The number of aliphatic hydroxyl groups excluding tert-OH is 1. The lowest BCUT2D eigenvalue weighted by Crippen LogP contribution is -2.23. The fourth-order valence-corrected chi connectivity index (χ4v) is 2.03. The molecule has 0 atom stereocenters. The van der Waals surface area contributed by atoms with Crippen molar-refractivity contribution in [3.8, 4) is 0 Å². The molecule has 4 nitrogen and oxygen atoms in total. The van der Waals surface area contributed by atoms with Gasteiger partial charge >= 0.3 is 0 Å². The van der Waals surface area contributed by atoms with Gasteiger partial charge in [0.05, 0.1) is 6.61 Å². The molecule has 0 aliphatic carbocycles. The van der Waals surface area contributed by atoms with Crippen molar-refractivity contribution in [2.75, 3.05) is 0 Å². The summed E-state index contributed by atoms with van der Waals surface area (Å²) in [5, 5.41) is 11.8. The highest BCUT2D eigenvalue weighted by Gasteiger charge is 2.09. The summed E-state index contributed by atoms with van der Waals surface area (Å²) in [4.78, 5) is 14.6. The molecule has 2 aromatic rings. The molecular weight excluding hydrogens is 315 g/mol. The van der Waals surface area contributed by atoms with E-state index in [1.165, 1.54) is 18.2 Å². The lowest BCUT2D eigenvalue weighted by atomic mass is 10.1. The Morgan fingerprint density at radius 2 is 2.16 bits per heavy atom. The average molecular weight is 327 g/mol. The Morgan fingerprint density at radius 1 is 1.37 bits per heavy atom. The summed E-state index contributed by atoms with van der Waals surface area (Å²) in [6, 6.07) is 5.73. The molecule has 1 amide bonds. The summed E-state index contributed by atoms with van der Waals surface area (Å²) in [6.45, 7) is -0.0390. The zero-order valence-electron chi connectivity index (χ0n) is 9.91. The first-order valence-corrected chi connectivity index (χ1v) is 6.39. The molecule has 0 bridgehead atoms. The number of nitrogens with one attached hydrogen (secondary N) is 2. The first-order valence-electron chi connectivity index (χ1n) is 5.60. The second-order valence-corrected chi connectivity index (χ2v) is 4.90. The van der Waals surface area contributed by atoms with Crippen molar-refractivity contribution in [2.45, 2.75) is 13.2 Å². The van der Waals surface area contributed by atoms with Gasteiger partial charge < -0.3 is 15.4 Å². The summed E-state index contributed by atoms with van der Waals surface area (Å²) in [5.41, 5.74) is 1.56. The minimum absolute atomic E-state index is 0.156. The highest BCUT2D eigenvalue weighted by atomic mass is 79.9. The molecule has 0 saturated heterocycles. The maximum absolute atomic E-state index is 13.1. The van der Waals surface area contributed by atoms with Crippen molar-refractivity contribution < 1.29 is 14.3 Å². The second kappa shape index (κ2) is 5.99. The van der Waals surface area contributed by atoms with E-state index in [-0.39, 0.29) is 19.1 Å². The van der Waals surface area contributed by atoms with Crippen molar-refractivity contribution >= 4 is 21.8 Å². The van der Waals surface area contributed by atoms with Crippen LogP contribution < -0.4 is 5.32 Å². The summed E-state index contributed by atoms with van der Waals surface area (Å²) in [6.07, 6.45) is 1.65. The zero-order valence-corrected chi connectivity index (χ0v) is 11.5. The summed E-state index contributed by atoms with van der Waals surface area (Å²) in [5.74, 6) is -0.692. The van der Waals surface area contributed by atoms with Crippen molar-refractivity contribution in [2.24, 2.45) is 0 Å². The van der Waals surface area contributed by atoms with Gasteiger partial charge in [0, 0.05) is 17.2 Å². The van der Waals surface area contributed by atoms with E-state index in [0.29, 0.717) is 16.8 Å². The van der Waals surface area contributed by atoms with Crippen LogP contribution in [-0.4, -0.2) is 16.0 Å². The summed E-state index contributed by atoms with van der Waals surface area (Å²) in [7, 11) is 0. The molecule has 19 heavy (non-hydrogen) atoms. The van der Waals surface area contributed by atoms with Gasteiger partial charge in [-0.1, -0.05) is 6.07 Å². The SMILES string of the molecule is O=C(NCc1cc(F)ccc1CO)c1cc(Br)c[nH]1. The van der Waals surface area contributed by atoms with Crippen LogP contribution in [0.1, 0.15) is 21.6 Å². The van der Waals surface area contributed by atoms with E-state index in [4.69, 9.17) is 5.11 Å². The van der Waals surface area contributed by atoms with E-state index in [1.54, 1.807) is 12.3 Å². The van der Waals surface area contributed by atoms with Gasteiger partial charge in [0.1, 0.15) is 11.5 Å². The molecule has 100 valence electrons. The van der Waals surface area contributed by atoms with Gasteiger partial charge in [-0.3, -0.25) is 4.79 Å². The third-order valence-electron chi connectivity index (χ3n) is 2.67. The van der Waals surface area contributed by atoms with E-state index in [2.05, 4.69) is 26.2 Å². The first-order chi connectivity index (χ1) is 9.10. The summed E-state index contributed by atoms with van der Waals surface area (Å²) < 4.78 is 13.9. The minimum atomic E-state index is -0.399. The third-order valence-corrected chi connectivity index (χ3v) is 3.13. The van der Waals surface area contributed by atoms with Crippen LogP contribution in [-0.2, 0) is 13.2 Å². The smallest absolute Gasteiger partial charge is 0.267 e. The zero-order chi connectivity index (χ0) is 13.8. The number of hydrogen-bond donors (Lipinski definition) is 3. The molecule has 1 aromatic carbocycles. The minimum Gasteiger partial charge on any atom is -0.392 e. The molecule has 3 N–H and O–H groups in total. The molecule has 1 aromatic heterocycles. The van der Waals surface area contributed by atoms with Gasteiger partial charge in [0.2, 0.25) is 0 Å². The van der Waals surface area contributed by atoms with E-state index in [1.807, 2.05) is 0 Å². The van der Waals surface area contributed by atoms with Gasteiger partial charge in [-0.05, 0) is 45.3 Å². The number of benzene rings is 1. The van der Waals surface area contributed by atoms with Gasteiger partial charge in [-0.25, -0.2) is 4.39 Å². The van der Waals surface area contributed by atoms with Crippen molar-refractivity contribution in [3.05, 3.63) is 57.6 Å². The predicted octanol–water partition coefficient (Wildman–Crippen LogP) is 2.34. The molecule has 0 fully saturated rings. The van der Waals surface area contributed by atoms with Crippen molar-refractivity contribution in [3.63, 3.8) is 0 Å². The normalized spacial score (nSPS) is 10.5. The molecule has 0 aliphatic rings. The number of carbonyl (C=O) groups is 1. The Hall–Kier alpha value is -1.66. The van der Waals surface area contributed by atoms with Crippen LogP contribution >= 0.6 is 15.9 Å². The topological polar surface area (TPSA) is 65.1 Å². The van der Waals surface area contributed by atoms with Crippen molar-refractivity contribution in [1.82, 2.24) is 10.3 Å². The Balaban J connectivity index is 2.06. The first kappa shape index (κ1) is 13.8. The quantitative estimate of drug-likeness (QED) is 0.807. The van der Waals surface area contributed by atoms with Crippen LogP contribution in [0, 0.1) is 5.82 Å².